The Hall–Kier alpha value is -2.21. The third kappa shape index (κ3) is 5.17. The molecule has 0 unspecified atom stereocenters. The average molecular weight is 337 g/mol. The van der Waals surface area contributed by atoms with E-state index in [2.05, 4.69) is 34.4 Å². The van der Waals surface area contributed by atoms with Gasteiger partial charge in [-0.15, -0.1) is 0 Å². The maximum Gasteiger partial charge on any atom is 0.258 e. The molecule has 0 aliphatic rings. The van der Waals surface area contributed by atoms with Crippen LogP contribution in [0.3, 0.4) is 0 Å². The summed E-state index contributed by atoms with van der Waals surface area (Å²) in [6.45, 7) is 5.05. The lowest BCUT2D eigenvalue weighted by Crippen LogP contribution is -2.14. The second-order valence-electron chi connectivity index (χ2n) is 5.49. The van der Waals surface area contributed by atoms with Crippen LogP contribution in [0.5, 0.6) is 0 Å². The molecule has 0 saturated heterocycles. The van der Waals surface area contributed by atoms with Crippen LogP contribution in [0.25, 0.3) is 0 Å². The largest absolute Gasteiger partial charge is 0.354 e. The second kappa shape index (κ2) is 7.87. The van der Waals surface area contributed by atoms with Gasteiger partial charge in [-0.05, 0) is 30.5 Å². The first-order valence-electron chi connectivity index (χ1n) is 7.28. The zero-order valence-corrected chi connectivity index (χ0v) is 13.7. The number of aromatic nitrogens is 2. The van der Waals surface area contributed by atoms with Gasteiger partial charge in [-0.3, -0.25) is 4.79 Å². The van der Waals surface area contributed by atoms with Crippen LogP contribution in [0, 0.1) is 11.7 Å². The summed E-state index contributed by atoms with van der Waals surface area (Å²) in [6, 6.07) is 3.97. The minimum atomic E-state index is -0.537. The SMILES string of the molecule is CC(C)CCNc1ncc(C(=O)Nc2ccc(F)c(Cl)c2)cn1. The average Bonchev–Trinajstić information content (AvgIpc) is 2.51. The number of benzene rings is 1. The smallest absolute Gasteiger partial charge is 0.258 e. The van der Waals surface area contributed by atoms with E-state index in [-0.39, 0.29) is 10.9 Å². The molecule has 2 aromatic rings. The Kier molecular flexibility index (Phi) is 5.87. The predicted octanol–water partition coefficient (Wildman–Crippen LogP) is 3.98. The molecule has 5 nitrogen and oxygen atoms in total. The molecule has 1 amide bonds. The Morgan fingerprint density at radius 1 is 1.30 bits per heavy atom. The van der Waals surface area contributed by atoms with Crippen LogP contribution in [0.4, 0.5) is 16.0 Å². The number of hydrogen-bond donors (Lipinski definition) is 2. The molecule has 7 heteroatoms. The van der Waals surface area contributed by atoms with Crippen LogP contribution in [-0.2, 0) is 0 Å². The molecule has 0 bridgehead atoms. The van der Waals surface area contributed by atoms with E-state index in [9.17, 15) is 9.18 Å². The Morgan fingerprint density at radius 3 is 2.61 bits per heavy atom. The number of carbonyl (C=O) groups excluding carboxylic acids is 1. The summed E-state index contributed by atoms with van der Waals surface area (Å²) in [4.78, 5) is 20.3. The summed E-state index contributed by atoms with van der Waals surface area (Å²) in [5, 5.41) is 5.65. The molecule has 0 saturated carbocycles. The number of nitrogens with one attached hydrogen (secondary N) is 2. The van der Waals surface area contributed by atoms with Crippen LogP contribution >= 0.6 is 11.6 Å². The van der Waals surface area contributed by atoms with Crippen molar-refractivity contribution < 1.29 is 9.18 Å². The van der Waals surface area contributed by atoms with Crippen LogP contribution in [0.1, 0.15) is 30.6 Å². The highest BCUT2D eigenvalue weighted by atomic mass is 35.5. The first-order chi connectivity index (χ1) is 11.0. The van der Waals surface area contributed by atoms with Crippen LogP contribution in [-0.4, -0.2) is 22.4 Å². The lowest BCUT2D eigenvalue weighted by Gasteiger charge is -2.08. The van der Waals surface area contributed by atoms with Crippen molar-refractivity contribution >= 4 is 29.1 Å². The molecule has 0 aliphatic heterocycles. The van der Waals surface area contributed by atoms with Crippen molar-refractivity contribution in [2.75, 3.05) is 17.2 Å². The molecule has 1 aromatic heterocycles. The van der Waals surface area contributed by atoms with Crippen LogP contribution < -0.4 is 10.6 Å². The monoisotopic (exact) mass is 336 g/mol. The molecule has 122 valence electrons. The number of amides is 1. The van der Waals surface area contributed by atoms with Gasteiger partial charge in [-0.1, -0.05) is 25.4 Å². The molecule has 0 aliphatic carbocycles. The summed E-state index contributed by atoms with van der Waals surface area (Å²) in [5.74, 6) is 0.147. The molecule has 1 aromatic carbocycles. The fourth-order valence-corrected chi connectivity index (χ4v) is 1.97. The molecular weight excluding hydrogens is 319 g/mol. The van der Waals surface area contributed by atoms with E-state index in [0.717, 1.165) is 13.0 Å². The third-order valence-electron chi connectivity index (χ3n) is 3.10. The molecule has 0 fully saturated rings. The topological polar surface area (TPSA) is 66.9 Å². The van der Waals surface area contributed by atoms with Gasteiger partial charge in [0.25, 0.3) is 5.91 Å². The van der Waals surface area contributed by atoms with Gasteiger partial charge < -0.3 is 10.6 Å². The highest BCUT2D eigenvalue weighted by Crippen LogP contribution is 2.19. The number of carbonyl (C=O) groups is 1. The minimum Gasteiger partial charge on any atom is -0.354 e. The molecule has 1 heterocycles. The standard InChI is InChI=1S/C16H18ClFN4O/c1-10(2)5-6-19-16-20-8-11(9-21-16)15(23)22-12-3-4-14(18)13(17)7-12/h3-4,7-10H,5-6H2,1-2H3,(H,22,23)(H,19,20,21). The Balaban J connectivity index is 1.95. The second-order valence-corrected chi connectivity index (χ2v) is 5.89. The van der Waals surface area contributed by atoms with E-state index >= 15 is 0 Å². The van der Waals surface area contributed by atoms with Crippen LogP contribution in [0.2, 0.25) is 5.02 Å². The quantitative estimate of drug-likeness (QED) is 0.837. The van der Waals surface area contributed by atoms with Gasteiger partial charge in [0.15, 0.2) is 0 Å². The molecular formula is C16H18ClFN4O. The zero-order chi connectivity index (χ0) is 16.8. The van der Waals surface area contributed by atoms with Gasteiger partial charge in [0, 0.05) is 24.6 Å². The molecule has 0 spiro atoms. The van der Waals surface area contributed by atoms with Crippen molar-refractivity contribution in [3.05, 3.63) is 47.0 Å². The zero-order valence-electron chi connectivity index (χ0n) is 12.9. The summed E-state index contributed by atoms with van der Waals surface area (Å²) in [7, 11) is 0. The third-order valence-corrected chi connectivity index (χ3v) is 3.39. The number of halogens is 2. The van der Waals surface area contributed by atoms with Gasteiger partial charge in [0.2, 0.25) is 5.95 Å². The number of hydrogen-bond acceptors (Lipinski definition) is 4. The van der Waals surface area contributed by atoms with Crippen molar-refractivity contribution in [1.29, 1.82) is 0 Å². The van der Waals surface area contributed by atoms with Gasteiger partial charge in [0.1, 0.15) is 5.82 Å². The maximum absolute atomic E-state index is 13.1. The predicted molar refractivity (Wildman–Crippen MR) is 89.3 cm³/mol. The van der Waals surface area contributed by atoms with Gasteiger partial charge in [-0.25, -0.2) is 14.4 Å². The van der Waals surface area contributed by atoms with Crippen molar-refractivity contribution in [1.82, 2.24) is 9.97 Å². The molecule has 0 atom stereocenters. The maximum atomic E-state index is 13.1. The van der Waals surface area contributed by atoms with Crippen molar-refractivity contribution in [3.8, 4) is 0 Å². The Labute approximate surface area is 139 Å². The van der Waals surface area contributed by atoms with E-state index in [1.54, 1.807) is 0 Å². The summed E-state index contributed by atoms with van der Waals surface area (Å²) < 4.78 is 13.1. The lowest BCUT2D eigenvalue weighted by molar-refractivity contribution is 0.102. The first-order valence-corrected chi connectivity index (χ1v) is 7.66. The van der Waals surface area contributed by atoms with Crippen LogP contribution in [0.15, 0.2) is 30.6 Å². The lowest BCUT2D eigenvalue weighted by atomic mass is 10.1. The van der Waals surface area contributed by atoms with E-state index < -0.39 is 5.82 Å². The van der Waals surface area contributed by atoms with E-state index in [1.165, 1.54) is 30.6 Å². The number of rotatable bonds is 6. The highest BCUT2D eigenvalue weighted by molar-refractivity contribution is 6.31. The van der Waals surface area contributed by atoms with Crippen molar-refractivity contribution in [3.63, 3.8) is 0 Å². The van der Waals surface area contributed by atoms with E-state index in [4.69, 9.17) is 11.6 Å². The number of anilines is 2. The van der Waals surface area contributed by atoms with Gasteiger partial charge in [0.05, 0.1) is 10.6 Å². The van der Waals surface area contributed by atoms with Crippen molar-refractivity contribution in [2.24, 2.45) is 5.92 Å². The summed E-state index contributed by atoms with van der Waals surface area (Å²) in [6.07, 6.45) is 3.88. The molecule has 0 radical (unpaired) electrons. The fraction of sp³-hybridized carbons (Fsp3) is 0.312. The molecule has 23 heavy (non-hydrogen) atoms. The van der Waals surface area contributed by atoms with Gasteiger partial charge >= 0.3 is 0 Å². The Morgan fingerprint density at radius 2 is 2.00 bits per heavy atom. The normalized spacial score (nSPS) is 10.7. The molecule has 2 rings (SSSR count). The van der Waals surface area contributed by atoms with E-state index in [0.29, 0.717) is 23.1 Å². The first kappa shape index (κ1) is 17.1. The Bertz CT molecular complexity index is 676. The fourth-order valence-electron chi connectivity index (χ4n) is 1.79. The molecule has 2 N–H and O–H groups in total. The van der Waals surface area contributed by atoms with Gasteiger partial charge in [-0.2, -0.15) is 0 Å². The summed E-state index contributed by atoms with van der Waals surface area (Å²) in [5.41, 5.74) is 0.709. The van der Waals surface area contributed by atoms with E-state index in [1.807, 2.05) is 0 Å². The van der Waals surface area contributed by atoms with Crippen molar-refractivity contribution in [2.45, 2.75) is 20.3 Å². The minimum absolute atomic E-state index is 0.0521. The number of nitrogens with zero attached hydrogens (tertiary/aromatic N) is 2. The highest BCUT2D eigenvalue weighted by Gasteiger charge is 2.09. The summed E-state index contributed by atoms with van der Waals surface area (Å²) >= 11 is 5.68.